The minimum absolute atomic E-state index is 0.0794. The number of benzene rings is 1. The van der Waals surface area contributed by atoms with Gasteiger partial charge in [0.15, 0.2) is 0 Å². The highest BCUT2D eigenvalue weighted by Crippen LogP contribution is 2.39. The van der Waals surface area contributed by atoms with E-state index in [1.165, 1.54) is 12.0 Å². The third-order valence-electron chi connectivity index (χ3n) is 4.40. The average molecular weight is 311 g/mol. The maximum absolute atomic E-state index is 9.93. The first-order chi connectivity index (χ1) is 8.65. The van der Waals surface area contributed by atoms with Gasteiger partial charge in [-0.1, -0.05) is 12.1 Å². The van der Waals surface area contributed by atoms with E-state index in [4.69, 9.17) is 5.73 Å². The highest BCUT2D eigenvalue weighted by molar-refractivity contribution is 9.10. The third-order valence-corrected chi connectivity index (χ3v) is 5.36. The molecular formula is C14H19BrN2O. The molecule has 0 amide bonds. The summed E-state index contributed by atoms with van der Waals surface area (Å²) >= 11 is 3.56. The van der Waals surface area contributed by atoms with Gasteiger partial charge in [0.25, 0.3) is 0 Å². The van der Waals surface area contributed by atoms with Crippen molar-refractivity contribution >= 4 is 21.6 Å². The number of nitrogen functional groups attached to an aromatic ring is 1. The van der Waals surface area contributed by atoms with Gasteiger partial charge in [-0.05, 0) is 46.3 Å². The van der Waals surface area contributed by atoms with Gasteiger partial charge in [0, 0.05) is 35.7 Å². The predicted octanol–water partition coefficient (Wildman–Crippen LogP) is 2.23. The molecule has 3 rings (SSSR count). The Hall–Kier alpha value is -0.580. The molecule has 1 aliphatic heterocycles. The van der Waals surface area contributed by atoms with Crippen molar-refractivity contribution in [3.63, 3.8) is 0 Å². The summed E-state index contributed by atoms with van der Waals surface area (Å²) in [4.78, 5) is 2.44. The van der Waals surface area contributed by atoms with Crippen LogP contribution in [-0.2, 0) is 6.54 Å². The predicted molar refractivity (Wildman–Crippen MR) is 76.1 cm³/mol. The van der Waals surface area contributed by atoms with E-state index in [-0.39, 0.29) is 6.10 Å². The molecule has 2 fully saturated rings. The maximum atomic E-state index is 9.93. The van der Waals surface area contributed by atoms with E-state index in [9.17, 15) is 5.11 Å². The average Bonchev–Trinajstić information content (AvgIpc) is 2.88. The molecule has 1 saturated carbocycles. The molecule has 1 aromatic rings. The number of halogens is 1. The zero-order chi connectivity index (χ0) is 12.7. The minimum Gasteiger partial charge on any atom is -0.398 e. The van der Waals surface area contributed by atoms with Crippen LogP contribution in [0, 0.1) is 11.8 Å². The Morgan fingerprint density at radius 2 is 2.17 bits per heavy atom. The molecular weight excluding hydrogens is 292 g/mol. The van der Waals surface area contributed by atoms with Crippen LogP contribution >= 0.6 is 15.9 Å². The molecule has 3 atom stereocenters. The van der Waals surface area contributed by atoms with Crippen LogP contribution in [0.1, 0.15) is 18.4 Å². The Kier molecular flexibility index (Phi) is 3.34. The third kappa shape index (κ3) is 2.17. The molecule has 3 nitrogen and oxygen atoms in total. The summed E-state index contributed by atoms with van der Waals surface area (Å²) < 4.78 is 1.02. The zero-order valence-electron chi connectivity index (χ0n) is 10.3. The molecule has 0 spiro atoms. The summed E-state index contributed by atoms with van der Waals surface area (Å²) in [6.07, 6.45) is 2.09. The van der Waals surface area contributed by atoms with Crippen molar-refractivity contribution in [2.45, 2.75) is 25.5 Å². The molecule has 4 heteroatoms. The van der Waals surface area contributed by atoms with Gasteiger partial charge in [-0.2, -0.15) is 0 Å². The summed E-state index contributed by atoms with van der Waals surface area (Å²) in [5, 5.41) is 9.93. The minimum atomic E-state index is -0.0794. The van der Waals surface area contributed by atoms with Crippen molar-refractivity contribution in [2.24, 2.45) is 11.8 Å². The number of aliphatic hydroxyl groups is 1. The Bertz CT molecular complexity index is 451. The largest absolute Gasteiger partial charge is 0.398 e. The number of anilines is 1. The Labute approximate surface area is 116 Å². The fourth-order valence-corrected chi connectivity index (χ4v) is 3.81. The Morgan fingerprint density at radius 3 is 2.94 bits per heavy atom. The lowest BCUT2D eigenvalue weighted by Crippen LogP contribution is -2.24. The maximum Gasteiger partial charge on any atom is 0.0583 e. The molecule has 0 aromatic heterocycles. The Morgan fingerprint density at radius 1 is 1.33 bits per heavy atom. The molecule has 2 aliphatic rings. The lowest BCUT2D eigenvalue weighted by atomic mass is 10.00. The summed E-state index contributed by atoms with van der Waals surface area (Å²) in [6, 6.07) is 6.03. The first kappa shape index (κ1) is 12.5. The van der Waals surface area contributed by atoms with E-state index in [0.717, 1.165) is 36.2 Å². The van der Waals surface area contributed by atoms with Crippen molar-refractivity contribution in [3.8, 4) is 0 Å². The Balaban J connectivity index is 1.70. The van der Waals surface area contributed by atoms with Crippen LogP contribution in [0.4, 0.5) is 5.69 Å². The normalized spacial score (nSPS) is 31.8. The second-order valence-corrected chi connectivity index (χ2v) is 6.38. The summed E-state index contributed by atoms with van der Waals surface area (Å²) in [6.45, 7) is 3.06. The van der Waals surface area contributed by atoms with Gasteiger partial charge < -0.3 is 10.8 Å². The summed E-state index contributed by atoms with van der Waals surface area (Å²) in [5.74, 6) is 1.18. The topological polar surface area (TPSA) is 49.5 Å². The number of likely N-dealkylation sites (tertiary alicyclic amines) is 1. The van der Waals surface area contributed by atoms with E-state index in [1.54, 1.807) is 0 Å². The number of rotatable bonds is 2. The first-order valence-electron chi connectivity index (χ1n) is 6.58. The van der Waals surface area contributed by atoms with Crippen LogP contribution in [0.3, 0.4) is 0 Å². The van der Waals surface area contributed by atoms with Gasteiger partial charge in [0.1, 0.15) is 0 Å². The van der Waals surface area contributed by atoms with Gasteiger partial charge in [-0.3, -0.25) is 4.90 Å². The number of nitrogens with zero attached hydrogens (tertiary/aromatic N) is 1. The number of hydrogen-bond acceptors (Lipinski definition) is 3. The van der Waals surface area contributed by atoms with Gasteiger partial charge in [-0.15, -0.1) is 0 Å². The molecule has 1 saturated heterocycles. The number of nitrogens with two attached hydrogens (primary N) is 1. The molecule has 98 valence electrons. The van der Waals surface area contributed by atoms with E-state index >= 15 is 0 Å². The van der Waals surface area contributed by atoms with Crippen molar-refractivity contribution in [1.82, 2.24) is 4.90 Å². The lowest BCUT2D eigenvalue weighted by Gasteiger charge is -2.19. The van der Waals surface area contributed by atoms with Crippen molar-refractivity contribution in [3.05, 3.63) is 28.2 Å². The van der Waals surface area contributed by atoms with Crippen LogP contribution in [0.2, 0.25) is 0 Å². The van der Waals surface area contributed by atoms with Crippen LogP contribution in [0.25, 0.3) is 0 Å². The van der Waals surface area contributed by atoms with Crippen molar-refractivity contribution in [1.29, 1.82) is 0 Å². The zero-order valence-corrected chi connectivity index (χ0v) is 11.9. The quantitative estimate of drug-likeness (QED) is 0.824. The molecule has 1 aliphatic carbocycles. The van der Waals surface area contributed by atoms with E-state index in [0.29, 0.717) is 11.8 Å². The second kappa shape index (κ2) is 4.83. The number of fused-ring (bicyclic) bond motifs is 1. The second-order valence-electron chi connectivity index (χ2n) is 5.58. The van der Waals surface area contributed by atoms with E-state index in [2.05, 4.69) is 26.9 Å². The van der Waals surface area contributed by atoms with Gasteiger partial charge >= 0.3 is 0 Å². The van der Waals surface area contributed by atoms with Crippen LogP contribution in [0.15, 0.2) is 22.7 Å². The fourth-order valence-electron chi connectivity index (χ4n) is 3.42. The van der Waals surface area contributed by atoms with Gasteiger partial charge in [0.05, 0.1) is 6.10 Å². The van der Waals surface area contributed by atoms with Gasteiger partial charge in [-0.25, -0.2) is 0 Å². The highest BCUT2D eigenvalue weighted by Gasteiger charge is 2.41. The lowest BCUT2D eigenvalue weighted by molar-refractivity contribution is 0.123. The molecule has 0 radical (unpaired) electrons. The van der Waals surface area contributed by atoms with Crippen molar-refractivity contribution < 1.29 is 5.11 Å². The SMILES string of the molecule is Nc1cccc(CN2CC3CCC(O)C3C2)c1Br. The van der Waals surface area contributed by atoms with E-state index in [1.807, 2.05) is 12.1 Å². The number of aliphatic hydroxyl groups excluding tert-OH is 1. The summed E-state index contributed by atoms with van der Waals surface area (Å²) in [5.41, 5.74) is 7.94. The fraction of sp³-hybridized carbons (Fsp3) is 0.571. The molecule has 3 N–H and O–H groups in total. The van der Waals surface area contributed by atoms with E-state index < -0.39 is 0 Å². The molecule has 18 heavy (non-hydrogen) atoms. The highest BCUT2D eigenvalue weighted by atomic mass is 79.9. The molecule has 1 aromatic carbocycles. The van der Waals surface area contributed by atoms with Crippen molar-refractivity contribution in [2.75, 3.05) is 18.8 Å². The van der Waals surface area contributed by atoms with Crippen LogP contribution in [0.5, 0.6) is 0 Å². The standard InChI is InChI=1S/C14H19BrN2O/c15-14-10(2-1-3-12(14)16)7-17-6-9-4-5-13(18)11(9)8-17/h1-3,9,11,13,18H,4-8,16H2. The molecule has 0 bridgehead atoms. The monoisotopic (exact) mass is 310 g/mol. The molecule has 3 unspecified atom stereocenters. The van der Waals surface area contributed by atoms with Crippen LogP contribution in [-0.4, -0.2) is 29.2 Å². The number of hydrogen-bond donors (Lipinski definition) is 2. The summed E-state index contributed by atoms with van der Waals surface area (Å²) in [7, 11) is 0. The molecule has 1 heterocycles. The van der Waals surface area contributed by atoms with Gasteiger partial charge in [0.2, 0.25) is 0 Å². The first-order valence-corrected chi connectivity index (χ1v) is 7.37. The smallest absolute Gasteiger partial charge is 0.0583 e. The van der Waals surface area contributed by atoms with Crippen LogP contribution < -0.4 is 5.73 Å².